The Balaban J connectivity index is 2.26. The maximum Gasteiger partial charge on any atom is 0.354 e. The number of likely N-dealkylation sites (tertiary alicyclic amines) is 1. The molecule has 1 aromatic rings. The number of hydrogen-bond acceptors (Lipinski definition) is 4. The minimum atomic E-state index is -1.25. The van der Waals surface area contributed by atoms with Gasteiger partial charge < -0.3 is 20.3 Å². The normalized spacial score (nSPS) is 18.4. The molecule has 1 unspecified atom stereocenters. The Morgan fingerprint density at radius 3 is 2.89 bits per heavy atom. The molecule has 1 aliphatic rings. The molecular formula is C11H14N4O4. The Labute approximate surface area is 108 Å². The molecule has 0 aromatic carbocycles. The summed E-state index contributed by atoms with van der Waals surface area (Å²) in [6, 6.07) is -0.559. The summed E-state index contributed by atoms with van der Waals surface area (Å²) in [5.74, 6) is -2.04. The Morgan fingerprint density at radius 2 is 2.26 bits per heavy atom. The molecule has 102 valence electrons. The number of carbonyl (C=O) groups excluding carboxylic acids is 2. The van der Waals surface area contributed by atoms with Crippen LogP contribution in [0.5, 0.6) is 0 Å². The Hall–Kier alpha value is -2.38. The van der Waals surface area contributed by atoms with E-state index in [2.05, 4.69) is 15.3 Å². The fourth-order valence-electron chi connectivity index (χ4n) is 2.20. The Kier molecular flexibility index (Phi) is 3.50. The third-order valence-corrected chi connectivity index (χ3v) is 3.12. The molecule has 0 radical (unpaired) electrons. The quantitative estimate of drug-likeness (QED) is 0.679. The number of carboxylic acids is 1. The lowest BCUT2D eigenvalue weighted by Crippen LogP contribution is -2.45. The van der Waals surface area contributed by atoms with Crippen LogP contribution in [0.2, 0.25) is 0 Å². The smallest absolute Gasteiger partial charge is 0.354 e. The zero-order chi connectivity index (χ0) is 14.0. The number of aromatic amines is 1. The first kappa shape index (κ1) is 13.1. The van der Waals surface area contributed by atoms with Crippen molar-refractivity contribution in [3.8, 4) is 0 Å². The van der Waals surface area contributed by atoms with Crippen molar-refractivity contribution in [2.45, 2.75) is 18.9 Å². The second-order valence-electron chi connectivity index (χ2n) is 4.20. The van der Waals surface area contributed by atoms with Crippen molar-refractivity contribution in [3.63, 3.8) is 0 Å². The van der Waals surface area contributed by atoms with Crippen LogP contribution in [0.1, 0.15) is 33.8 Å². The van der Waals surface area contributed by atoms with Crippen LogP contribution in [0, 0.1) is 0 Å². The van der Waals surface area contributed by atoms with Crippen LogP contribution in [-0.4, -0.2) is 57.4 Å². The Bertz CT molecular complexity index is 525. The van der Waals surface area contributed by atoms with Crippen molar-refractivity contribution in [1.82, 2.24) is 20.2 Å². The summed E-state index contributed by atoms with van der Waals surface area (Å²) >= 11 is 0. The van der Waals surface area contributed by atoms with Gasteiger partial charge in [0.2, 0.25) is 5.91 Å². The van der Waals surface area contributed by atoms with E-state index in [0.29, 0.717) is 19.4 Å². The minimum Gasteiger partial charge on any atom is -0.477 e. The summed E-state index contributed by atoms with van der Waals surface area (Å²) in [6.45, 7) is 0.419. The molecule has 2 amide bonds. The maximum absolute atomic E-state index is 12.3. The summed E-state index contributed by atoms with van der Waals surface area (Å²) in [5.41, 5.74) is -0.421. The van der Waals surface area contributed by atoms with E-state index in [9.17, 15) is 14.4 Å². The lowest BCUT2D eigenvalue weighted by molar-refractivity contribution is -0.124. The van der Waals surface area contributed by atoms with Gasteiger partial charge in [-0.25, -0.2) is 9.78 Å². The number of likely N-dealkylation sites (N-methyl/N-ethyl adjacent to an activating group) is 1. The zero-order valence-corrected chi connectivity index (χ0v) is 10.3. The van der Waals surface area contributed by atoms with E-state index in [1.807, 2.05) is 0 Å². The molecule has 0 bridgehead atoms. The van der Waals surface area contributed by atoms with Crippen LogP contribution in [0.15, 0.2) is 6.33 Å². The van der Waals surface area contributed by atoms with E-state index in [1.54, 1.807) is 0 Å². The molecule has 1 atom stereocenters. The highest BCUT2D eigenvalue weighted by Gasteiger charge is 2.36. The van der Waals surface area contributed by atoms with Crippen molar-refractivity contribution in [2.75, 3.05) is 13.6 Å². The lowest BCUT2D eigenvalue weighted by atomic mass is 10.2. The van der Waals surface area contributed by atoms with Gasteiger partial charge in [-0.1, -0.05) is 0 Å². The molecule has 8 heteroatoms. The van der Waals surface area contributed by atoms with Crippen LogP contribution >= 0.6 is 0 Å². The summed E-state index contributed by atoms with van der Waals surface area (Å²) in [6.07, 6.45) is 2.43. The van der Waals surface area contributed by atoms with E-state index in [0.717, 1.165) is 6.33 Å². The largest absolute Gasteiger partial charge is 0.477 e. The standard InChI is InChI=1S/C11H14N4O4/c1-12-9(16)6-3-2-4-15(6)10(17)7-8(11(18)19)14-5-13-7/h5-6H,2-4H2,1H3,(H,12,16)(H,13,14)(H,18,19). The van der Waals surface area contributed by atoms with Crippen LogP contribution in [-0.2, 0) is 4.79 Å². The fourth-order valence-corrected chi connectivity index (χ4v) is 2.20. The topological polar surface area (TPSA) is 115 Å². The second kappa shape index (κ2) is 5.09. The molecule has 0 spiro atoms. The highest BCUT2D eigenvalue weighted by molar-refractivity contribution is 6.03. The van der Waals surface area contributed by atoms with Gasteiger partial charge in [-0.05, 0) is 12.8 Å². The van der Waals surface area contributed by atoms with Crippen LogP contribution < -0.4 is 5.32 Å². The number of imidazole rings is 1. The SMILES string of the molecule is CNC(=O)C1CCCN1C(=O)c1nc[nH]c1C(=O)O. The molecule has 1 aromatic heterocycles. The molecular weight excluding hydrogens is 252 g/mol. The van der Waals surface area contributed by atoms with Gasteiger partial charge in [0.1, 0.15) is 6.04 Å². The zero-order valence-electron chi connectivity index (χ0n) is 10.3. The van der Waals surface area contributed by atoms with Gasteiger partial charge in [-0.15, -0.1) is 0 Å². The van der Waals surface area contributed by atoms with Crippen molar-refractivity contribution >= 4 is 17.8 Å². The van der Waals surface area contributed by atoms with Crippen molar-refractivity contribution in [2.24, 2.45) is 0 Å². The maximum atomic E-state index is 12.3. The van der Waals surface area contributed by atoms with Crippen LogP contribution in [0.3, 0.4) is 0 Å². The number of hydrogen-bond donors (Lipinski definition) is 3. The van der Waals surface area contributed by atoms with Crippen LogP contribution in [0.4, 0.5) is 0 Å². The van der Waals surface area contributed by atoms with Gasteiger partial charge >= 0.3 is 5.97 Å². The van der Waals surface area contributed by atoms with E-state index in [1.165, 1.54) is 11.9 Å². The summed E-state index contributed by atoms with van der Waals surface area (Å²) in [5, 5.41) is 11.4. The van der Waals surface area contributed by atoms with E-state index >= 15 is 0 Å². The number of aromatic carboxylic acids is 1. The number of aromatic nitrogens is 2. The van der Waals surface area contributed by atoms with E-state index < -0.39 is 17.9 Å². The first-order valence-corrected chi connectivity index (χ1v) is 5.85. The third kappa shape index (κ3) is 2.28. The van der Waals surface area contributed by atoms with Gasteiger partial charge in [0.05, 0.1) is 6.33 Å². The number of carboxylic acid groups (broad SMARTS) is 1. The number of rotatable bonds is 3. The predicted octanol–water partition coefficient (Wildman–Crippen LogP) is -0.542. The highest BCUT2D eigenvalue weighted by Crippen LogP contribution is 2.20. The summed E-state index contributed by atoms with van der Waals surface area (Å²) < 4.78 is 0. The molecule has 1 saturated heterocycles. The van der Waals surface area contributed by atoms with Gasteiger partial charge in [0.25, 0.3) is 5.91 Å². The molecule has 8 nitrogen and oxygen atoms in total. The number of H-pyrrole nitrogens is 1. The van der Waals surface area contributed by atoms with Crippen molar-refractivity contribution < 1.29 is 19.5 Å². The monoisotopic (exact) mass is 266 g/mol. The summed E-state index contributed by atoms with van der Waals surface area (Å²) in [4.78, 5) is 42.4. The van der Waals surface area contributed by atoms with Gasteiger partial charge in [0, 0.05) is 13.6 Å². The Morgan fingerprint density at radius 1 is 1.53 bits per heavy atom. The molecule has 0 saturated carbocycles. The number of nitrogens with one attached hydrogen (secondary N) is 2. The van der Waals surface area contributed by atoms with Crippen LogP contribution in [0.25, 0.3) is 0 Å². The molecule has 19 heavy (non-hydrogen) atoms. The lowest BCUT2D eigenvalue weighted by Gasteiger charge is -2.22. The first-order valence-electron chi connectivity index (χ1n) is 5.85. The third-order valence-electron chi connectivity index (χ3n) is 3.12. The molecule has 2 rings (SSSR count). The second-order valence-corrected chi connectivity index (χ2v) is 4.20. The van der Waals surface area contributed by atoms with Gasteiger partial charge in [0.15, 0.2) is 11.4 Å². The number of nitrogens with zero attached hydrogens (tertiary/aromatic N) is 2. The minimum absolute atomic E-state index is 0.164. The average molecular weight is 266 g/mol. The molecule has 3 N–H and O–H groups in total. The highest BCUT2D eigenvalue weighted by atomic mass is 16.4. The predicted molar refractivity (Wildman–Crippen MR) is 63.7 cm³/mol. The molecule has 1 aliphatic heterocycles. The summed E-state index contributed by atoms with van der Waals surface area (Å²) in [7, 11) is 1.50. The fraction of sp³-hybridized carbons (Fsp3) is 0.455. The first-order chi connectivity index (χ1) is 9.06. The average Bonchev–Trinajstić information content (AvgIpc) is 3.05. The van der Waals surface area contributed by atoms with Gasteiger partial charge in [-0.3, -0.25) is 9.59 Å². The van der Waals surface area contributed by atoms with Gasteiger partial charge in [-0.2, -0.15) is 0 Å². The molecule has 1 fully saturated rings. The molecule has 2 heterocycles. The molecule has 0 aliphatic carbocycles. The van der Waals surface area contributed by atoms with E-state index in [4.69, 9.17) is 5.11 Å². The van der Waals surface area contributed by atoms with Crippen molar-refractivity contribution in [1.29, 1.82) is 0 Å². The number of carbonyl (C=O) groups is 3. The number of amides is 2. The van der Waals surface area contributed by atoms with E-state index in [-0.39, 0.29) is 17.3 Å². The van der Waals surface area contributed by atoms with Crippen molar-refractivity contribution in [3.05, 3.63) is 17.7 Å².